The largest absolute Gasteiger partial charge is 0.467 e. The zero-order valence-corrected chi connectivity index (χ0v) is 12.2. The summed E-state index contributed by atoms with van der Waals surface area (Å²) in [7, 11) is 0. The number of nitrogens with one attached hydrogen (secondary N) is 1. The highest BCUT2D eigenvalue weighted by Crippen LogP contribution is 2.18. The van der Waals surface area contributed by atoms with Gasteiger partial charge in [0.05, 0.1) is 6.26 Å². The molecule has 0 aliphatic carbocycles. The monoisotopic (exact) mass is 253 g/mol. The minimum absolute atomic E-state index is 0.332. The normalized spacial score (nSPS) is 12.0. The number of hydrogen-bond acceptors (Lipinski definition) is 3. The number of ether oxygens (including phenoxy) is 1. The van der Waals surface area contributed by atoms with Crippen molar-refractivity contribution in [3.63, 3.8) is 0 Å². The van der Waals surface area contributed by atoms with Crippen molar-refractivity contribution in [2.24, 2.45) is 5.41 Å². The van der Waals surface area contributed by atoms with Crippen molar-refractivity contribution in [1.82, 2.24) is 5.32 Å². The van der Waals surface area contributed by atoms with Crippen LogP contribution < -0.4 is 5.32 Å². The minimum Gasteiger partial charge on any atom is -0.467 e. The SMILES string of the molecule is CCCNCc1coc(COCCC(C)(C)C)c1. The second-order valence-electron chi connectivity index (χ2n) is 5.96. The Morgan fingerprint density at radius 3 is 2.78 bits per heavy atom. The van der Waals surface area contributed by atoms with Gasteiger partial charge in [0.2, 0.25) is 0 Å². The lowest BCUT2D eigenvalue weighted by molar-refractivity contribution is 0.0844. The van der Waals surface area contributed by atoms with Crippen LogP contribution in [0.1, 0.15) is 51.9 Å². The Labute approximate surface area is 111 Å². The van der Waals surface area contributed by atoms with Crippen LogP contribution in [0, 0.1) is 5.41 Å². The van der Waals surface area contributed by atoms with E-state index in [1.165, 1.54) is 5.56 Å². The Bertz CT molecular complexity index is 325. The summed E-state index contributed by atoms with van der Waals surface area (Å²) in [4.78, 5) is 0. The maximum atomic E-state index is 5.62. The van der Waals surface area contributed by atoms with Crippen LogP contribution in [0.4, 0.5) is 0 Å². The fourth-order valence-corrected chi connectivity index (χ4v) is 1.56. The highest BCUT2D eigenvalue weighted by Gasteiger charge is 2.09. The molecule has 1 aromatic rings. The van der Waals surface area contributed by atoms with Gasteiger partial charge in [0.25, 0.3) is 0 Å². The number of rotatable bonds is 8. The quantitative estimate of drug-likeness (QED) is 0.717. The van der Waals surface area contributed by atoms with Crippen molar-refractivity contribution in [3.8, 4) is 0 Å². The fourth-order valence-electron chi connectivity index (χ4n) is 1.56. The summed E-state index contributed by atoms with van der Waals surface area (Å²) < 4.78 is 11.1. The molecule has 104 valence electrons. The molecule has 0 radical (unpaired) electrons. The molecule has 0 unspecified atom stereocenters. The first-order valence-electron chi connectivity index (χ1n) is 6.86. The molecule has 0 aromatic carbocycles. The molecule has 1 heterocycles. The van der Waals surface area contributed by atoms with Crippen LogP contribution in [0.5, 0.6) is 0 Å². The van der Waals surface area contributed by atoms with Crippen LogP contribution in [0.15, 0.2) is 16.7 Å². The van der Waals surface area contributed by atoms with Gasteiger partial charge in [-0.05, 0) is 30.9 Å². The van der Waals surface area contributed by atoms with Crippen LogP contribution >= 0.6 is 0 Å². The third kappa shape index (κ3) is 6.82. The first kappa shape index (κ1) is 15.3. The van der Waals surface area contributed by atoms with Crippen molar-refractivity contribution in [2.75, 3.05) is 13.2 Å². The summed E-state index contributed by atoms with van der Waals surface area (Å²) in [6, 6.07) is 2.07. The van der Waals surface area contributed by atoms with E-state index < -0.39 is 0 Å². The van der Waals surface area contributed by atoms with E-state index in [-0.39, 0.29) is 0 Å². The molecule has 1 rings (SSSR count). The van der Waals surface area contributed by atoms with Gasteiger partial charge in [-0.3, -0.25) is 0 Å². The van der Waals surface area contributed by atoms with Crippen molar-refractivity contribution in [3.05, 3.63) is 23.7 Å². The number of hydrogen-bond donors (Lipinski definition) is 1. The molecule has 0 amide bonds. The van der Waals surface area contributed by atoms with Gasteiger partial charge in [-0.25, -0.2) is 0 Å². The average Bonchev–Trinajstić information content (AvgIpc) is 2.72. The molecular formula is C15H27NO2. The van der Waals surface area contributed by atoms with Gasteiger partial charge in [0, 0.05) is 18.7 Å². The van der Waals surface area contributed by atoms with E-state index in [0.717, 1.165) is 38.3 Å². The zero-order chi connectivity index (χ0) is 13.4. The summed E-state index contributed by atoms with van der Waals surface area (Å²) >= 11 is 0. The molecule has 0 saturated carbocycles. The third-order valence-electron chi connectivity index (χ3n) is 2.70. The second-order valence-corrected chi connectivity index (χ2v) is 5.96. The molecule has 0 atom stereocenters. The van der Waals surface area contributed by atoms with E-state index in [4.69, 9.17) is 9.15 Å². The zero-order valence-electron chi connectivity index (χ0n) is 12.2. The lowest BCUT2D eigenvalue weighted by Crippen LogP contribution is -2.13. The average molecular weight is 253 g/mol. The van der Waals surface area contributed by atoms with E-state index in [1.54, 1.807) is 0 Å². The Morgan fingerprint density at radius 2 is 2.11 bits per heavy atom. The summed E-state index contributed by atoms with van der Waals surface area (Å²) in [6.45, 7) is 12.1. The van der Waals surface area contributed by atoms with Crippen molar-refractivity contribution in [1.29, 1.82) is 0 Å². The van der Waals surface area contributed by atoms with E-state index in [9.17, 15) is 0 Å². The van der Waals surface area contributed by atoms with Crippen LogP contribution in [0.2, 0.25) is 0 Å². The molecule has 0 fully saturated rings. The second kappa shape index (κ2) is 7.59. The van der Waals surface area contributed by atoms with Crippen LogP contribution in [0.25, 0.3) is 0 Å². The summed E-state index contributed by atoms with van der Waals surface area (Å²) in [5.74, 6) is 0.914. The van der Waals surface area contributed by atoms with E-state index in [2.05, 4.69) is 39.1 Å². The molecular weight excluding hydrogens is 226 g/mol. The molecule has 3 heteroatoms. The maximum absolute atomic E-state index is 5.62. The molecule has 18 heavy (non-hydrogen) atoms. The molecule has 0 saturated heterocycles. The summed E-state index contributed by atoms with van der Waals surface area (Å²) in [5, 5.41) is 3.35. The Hall–Kier alpha value is -0.800. The van der Waals surface area contributed by atoms with Gasteiger partial charge in [-0.1, -0.05) is 27.7 Å². The topological polar surface area (TPSA) is 34.4 Å². The van der Waals surface area contributed by atoms with Crippen molar-refractivity contribution >= 4 is 0 Å². The third-order valence-corrected chi connectivity index (χ3v) is 2.70. The predicted octanol–water partition coefficient (Wildman–Crippen LogP) is 3.73. The summed E-state index contributed by atoms with van der Waals surface area (Å²) in [5.41, 5.74) is 1.52. The lowest BCUT2D eigenvalue weighted by atomic mass is 9.93. The standard InChI is InChI=1S/C15H27NO2/c1-5-7-16-10-13-9-14(18-11-13)12-17-8-6-15(2,3)4/h9,11,16H,5-8,10,12H2,1-4H3. The van der Waals surface area contributed by atoms with Crippen LogP contribution in [-0.2, 0) is 17.9 Å². The molecule has 0 spiro atoms. The predicted molar refractivity (Wildman–Crippen MR) is 74.4 cm³/mol. The highest BCUT2D eigenvalue weighted by atomic mass is 16.5. The first-order valence-corrected chi connectivity index (χ1v) is 6.86. The molecule has 3 nitrogen and oxygen atoms in total. The van der Waals surface area contributed by atoms with E-state index >= 15 is 0 Å². The van der Waals surface area contributed by atoms with Gasteiger partial charge in [-0.2, -0.15) is 0 Å². The Balaban J connectivity index is 2.19. The maximum Gasteiger partial charge on any atom is 0.129 e. The molecule has 0 aliphatic heterocycles. The van der Waals surface area contributed by atoms with Crippen LogP contribution in [0.3, 0.4) is 0 Å². The first-order chi connectivity index (χ1) is 8.51. The van der Waals surface area contributed by atoms with Gasteiger partial charge in [0.15, 0.2) is 0 Å². The molecule has 1 aromatic heterocycles. The molecule has 0 bridgehead atoms. The van der Waals surface area contributed by atoms with Gasteiger partial charge in [-0.15, -0.1) is 0 Å². The van der Waals surface area contributed by atoms with Crippen molar-refractivity contribution < 1.29 is 9.15 Å². The lowest BCUT2D eigenvalue weighted by Gasteiger charge is -2.17. The van der Waals surface area contributed by atoms with Crippen LogP contribution in [-0.4, -0.2) is 13.2 Å². The van der Waals surface area contributed by atoms with Gasteiger partial charge >= 0.3 is 0 Å². The number of furan rings is 1. The minimum atomic E-state index is 0.332. The molecule has 1 N–H and O–H groups in total. The summed E-state index contributed by atoms with van der Waals surface area (Å²) in [6.07, 6.45) is 4.03. The smallest absolute Gasteiger partial charge is 0.129 e. The Morgan fingerprint density at radius 1 is 1.33 bits per heavy atom. The van der Waals surface area contributed by atoms with E-state index in [1.807, 2.05) is 6.26 Å². The van der Waals surface area contributed by atoms with Gasteiger partial charge < -0.3 is 14.5 Å². The fraction of sp³-hybridized carbons (Fsp3) is 0.733. The highest BCUT2D eigenvalue weighted by molar-refractivity contribution is 5.11. The molecule has 0 aliphatic rings. The Kier molecular flexibility index (Phi) is 6.44. The van der Waals surface area contributed by atoms with Gasteiger partial charge in [0.1, 0.15) is 12.4 Å². The van der Waals surface area contributed by atoms with E-state index in [0.29, 0.717) is 12.0 Å². The van der Waals surface area contributed by atoms with Crippen molar-refractivity contribution in [2.45, 2.75) is 53.7 Å².